The number of hydrogen-bond donors (Lipinski definition) is 1. The minimum atomic E-state index is -4.48. The van der Waals surface area contributed by atoms with E-state index in [0.29, 0.717) is 0 Å². The summed E-state index contributed by atoms with van der Waals surface area (Å²) >= 11 is 5.70. The van der Waals surface area contributed by atoms with Crippen LogP contribution < -0.4 is 5.73 Å². The summed E-state index contributed by atoms with van der Waals surface area (Å²) in [6.07, 6.45) is -4.74. The SMILES string of the molecule is CCOC(=O)CC(N)=Nc1ccc(C(F)(F)F)cc1Cl. The minimum Gasteiger partial charge on any atom is -0.466 e. The number of rotatable bonds is 4. The van der Waals surface area contributed by atoms with E-state index in [1.54, 1.807) is 6.92 Å². The summed E-state index contributed by atoms with van der Waals surface area (Å²) in [6.45, 7) is 1.84. The lowest BCUT2D eigenvalue weighted by atomic mass is 10.2. The molecule has 0 atom stereocenters. The first-order valence-electron chi connectivity index (χ1n) is 5.59. The van der Waals surface area contributed by atoms with E-state index in [0.717, 1.165) is 18.2 Å². The molecule has 0 aliphatic heterocycles. The molecule has 0 bridgehead atoms. The predicted molar refractivity (Wildman–Crippen MR) is 69.0 cm³/mol. The number of nitrogens with zero attached hydrogens (tertiary/aromatic N) is 1. The second kappa shape index (κ2) is 6.60. The quantitative estimate of drug-likeness (QED) is 0.527. The first-order valence-corrected chi connectivity index (χ1v) is 5.97. The third-order valence-electron chi connectivity index (χ3n) is 2.17. The molecule has 0 fully saturated rings. The maximum atomic E-state index is 12.4. The van der Waals surface area contributed by atoms with Crippen LogP contribution in [-0.4, -0.2) is 18.4 Å². The van der Waals surface area contributed by atoms with Crippen molar-refractivity contribution in [3.63, 3.8) is 0 Å². The smallest absolute Gasteiger partial charge is 0.416 e. The van der Waals surface area contributed by atoms with Gasteiger partial charge in [0, 0.05) is 0 Å². The number of carbonyl (C=O) groups is 1. The highest BCUT2D eigenvalue weighted by molar-refractivity contribution is 6.33. The van der Waals surface area contributed by atoms with Gasteiger partial charge in [0.2, 0.25) is 0 Å². The van der Waals surface area contributed by atoms with Gasteiger partial charge in [-0.3, -0.25) is 4.79 Å². The zero-order valence-electron chi connectivity index (χ0n) is 10.5. The first-order chi connectivity index (χ1) is 9.24. The van der Waals surface area contributed by atoms with E-state index < -0.39 is 17.7 Å². The van der Waals surface area contributed by atoms with E-state index in [9.17, 15) is 18.0 Å². The fourth-order valence-corrected chi connectivity index (χ4v) is 1.55. The van der Waals surface area contributed by atoms with E-state index >= 15 is 0 Å². The third-order valence-corrected chi connectivity index (χ3v) is 2.47. The Labute approximate surface area is 118 Å². The Morgan fingerprint density at radius 2 is 2.10 bits per heavy atom. The number of benzene rings is 1. The number of ether oxygens (including phenoxy) is 1. The first kappa shape index (κ1) is 16.3. The fraction of sp³-hybridized carbons (Fsp3) is 0.333. The summed E-state index contributed by atoms with van der Waals surface area (Å²) in [4.78, 5) is 14.9. The number of aliphatic imine (C=N–C) groups is 1. The molecule has 0 aliphatic rings. The summed E-state index contributed by atoms with van der Waals surface area (Å²) in [6, 6.07) is 2.67. The summed E-state index contributed by atoms with van der Waals surface area (Å²) < 4.78 is 42.0. The summed E-state index contributed by atoms with van der Waals surface area (Å²) in [5.41, 5.74) is 4.67. The highest BCUT2D eigenvalue weighted by Crippen LogP contribution is 2.34. The van der Waals surface area contributed by atoms with E-state index in [1.165, 1.54) is 0 Å². The van der Waals surface area contributed by atoms with Crippen LogP contribution in [0.25, 0.3) is 0 Å². The fourth-order valence-electron chi connectivity index (χ4n) is 1.33. The molecule has 8 heteroatoms. The molecule has 0 saturated carbocycles. The van der Waals surface area contributed by atoms with E-state index in [-0.39, 0.29) is 29.6 Å². The number of alkyl halides is 3. The average Bonchev–Trinajstić information content (AvgIpc) is 2.30. The molecule has 1 aromatic carbocycles. The Bertz CT molecular complexity index is 530. The van der Waals surface area contributed by atoms with Crippen molar-refractivity contribution in [3.05, 3.63) is 28.8 Å². The number of carbonyl (C=O) groups excluding carboxylic acids is 1. The molecule has 0 radical (unpaired) electrons. The maximum Gasteiger partial charge on any atom is 0.416 e. The Hall–Kier alpha value is -1.76. The zero-order chi connectivity index (χ0) is 15.3. The van der Waals surface area contributed by atoms with Gasteiger partial charge < -0.3 is 10.5 Å². The van der Waals surface area contributed by atoms with Gasteiger partial charge in [-0.15, -0.1) is 0 Å². The lowest BCUT2D eigenvalue weighted by molar-refractivity contribution is -0.141. The number of nitrogens with two attached hydrogens (primary N) is 1. The van der Waals surface area contributed by atoms with Gasteiger partial charge in [0.25, 0.3) is 0 Å². The Morgan fingerprint density at radius 3 is 2.60 bits per heavy atom. The van der Waals surface area contributed by atoms with Crippen LogP contribution in [0.1, 0.15) is 18.9 Å². The van der Waals surface area contributed by atoms with Crippen molar-refractivity contribution in [1.82, 2.24) is 0 Å². The van der Waals surface area contributed by atoms with Crippen molar-refractivity contribution in [2.75, 3.05) is 6.61 Å². The number of hydrogen-bond acceptors (Lipinski definition) is 3. The van der Waals surface area contributed by atoms with Crippen LogP contribution in [0.5, 0.6) is 0 Å². The second-order valence-corrected chi connectivity index (χ2v) is 4.16. The van der Waals surface area contributed by atoms with Crippen molar-refractivity contribution in [3.8, 4) is 0 Å². The van der Waals surface area contributed by atoms with Crippen LogP contribution >= 0.6 is 11.6 Å². The number of esters is 1. The van der Waals surface area contributed by atoms with Gasteiger partial charge in [-0.1, -0.05) is 11.6 Å². The maximum absolute atomic E-state index is 12.4. The predicted octanol–water partition coefficient (Wildman–Crippen LogP) is 3.30. The van der Waals surface area contributed by atoms with Gasteiger partial charge in [0.1, 0.15) is 12.3 Å². The molecular weight excluding hydrogens is 297 g/mol. The number of halogens is 4. The van der Waals surface area contributed by atoms with E-state index in [1.807, 2.05) is 0 Å². The van der Waals surface area contributed by atoms with Gasteiger partial charge in [0.15, 0.2) is 0 Å². The molecule has 2 N–H and O–H groups in total. The highest BCUT2D eigenvalue weighted by Gasteiger charge is 2.30. The van der Waals surface area contributed by atoms with Crippen LogP contribution in [0.15, 0.2) is 23.2 Å². The molecule has 1 rings (SSSR count). The lowest BCUT2D eigenvalue weighted by Gasteiger charge is -2.08. The van der Waals surface area contributed by atoms with Crippen molar-refractivity contribution < 1.29 is 22.7 Å². The molecule has 0 spiro atoms. The molecule has 0 saturated heterocycles. The highest BCUT2D eigenvalue weighted by atomic mass is 35.5. The van der Waals surface area contributed by atoms with Crippen LogP contribution in [0.3, 0.4) is 0 Å². The molecule has 0 aromatic heterocycles. The molecule has 0 heterocycles. The van der Waals surface area contributed by atoms with Crippen molar-refractivity contribution >= 4 is 29.1 Å². The second-order valence-electron chi connectivity index (χ2n) is 3.75. The molecule has 0 unspecified atom stereocenters. The van der Waals surface area contributed by atoms with Crippen LogP contribution in [-0.2, 0) is 15.7 Å². The normalized spacial score (nSPS) is 12.3. The largest absolute Gasteiger partial charge is 0.466 e. The van der Waals surface area contributed by atoms with Crippen molar-refractivity contribution in [2.24, 2.45) is 10.7 Å². The van der Waals surface area contributed by atoms with Crippen molar-refractivity contribution in [1.29, 1.82) is 0 Å². The Balaban J connectivity index is 2.90. The van der Waals surface area contributed by atoms with Gasteiger partial charge in [-0.2, -0.15) is 13.2 Å². The average molecular weight is 309 g/mol. The molecule has 0 amide bonds. The Kier molecular flexibility index (Phi) is 5.38. The number of amidine groups is 1. The topological polar surface area (TPSA) is 64.7 Å². The standard InChI is InChI=1S/C12H12ClF3N2O2/c1-2-20-11(19)6-10(17)18-9-4-3-7(5-8(9)13)12(14,15)16/h3-5H,2,6H2,1H3,(H2,17,18). The molecule has 20 heavy (non-hydrogen) atoms. The third kappa shape index (κ3) is 4.73. The lowest BCUT2D eigenvalue weighted by Crippen LogP contribution is -2.18. The van der Waals surface area contributed by atoms with Crippen LogP contribution in [0.2, 0.25) is 5.02 Å². The summed E-state index contributed by atoms with van der Waals surface area (Å²) in [5.74, 6) is -0.665. The van der Waals surface area contributed by atoms with Crippen LogP contribution in [0.4, 0.5) is 18.9 Å². The van der Waals surface area contributed by atoms with Crippen LogP contribution in [0, 0.1) is 0 Å². The molecule has 1 aromatic rings. The molecule has 0 aliphatic carbocycles. The molecule has 4 nitrogen and oxygen atoms in total. The molecule has 110 valence electrons. The Morgan fingerprint density at radius 1 is 1.45 bits per heavy atom. The van der Waals surface area contributed by atoms with E-state index in [2.05, 4.69) is 9.73 Å². The van der Waals surface area contributed by atoms with E-state index in [4.69, 9.17) is 17.3 Å². The minimum absolute atomic E-state index is 0.0569. The summed E-state index contributed by atoms with van der Waals surface area (Å²) in [7, 11) is 0. The zero-order valence-corrected chi connectivity index (χ0v) is 11.3. The van der Waals surface area contributed by atoms with Crippen molar-refractivity contribution in [2.45, 2.75) is 19.5 Å². The summed E-state index contributed by atoms with van der Waals surface area (Å²) in [5, 5.41) is -0.202. The van der Waals surface area contributed by atoms with Gasteiger partial charge in [-0.05, 0) is 25.1 Å². The molecular formula is C12H12ClF3N2O2. The van der Waals surface area contributed by atoms with Gasteiger partial charge in [-0.25, -0.2) is 4.99 Å². The van der Waals surface area contributed by atoms with Gasteiger partial charge >= 0.3 is 12.1 Å². The van der Waals surface area contributed by atoms with Gasteiger partial charge in [0.05, 0.1) is 22.9 Å². The monoisotopic (exact) mass is 308 g/mol.